The Morgan fingerprint density at radius 3 is 2.82 bits per heavy atom. The summed E-state index contributed by atoms with van der Waals surface area (Å²) in [6, 6.07) is 0. The van der Waals surface area contributed by atoms with E-state index in [1.165, 1.54) is 0 Å². The molecule has 2 atom stereocenters. The molecule has 0 aromatic rings. The van der Waals surface area contributed by atoms with E-state index >= 15 is 0 Å². The average molecular weight is 157 g/mol. The lowest BCUT2D eigenvalue weighted by atomic mass is 10.1. The fraction of sp³-hybridized carbons (Fsp3) is 0.857. The predicted octanol–water partition coefficient (Wildman–Crippen LogP) is -0.134. The van der Waals surface area contributed by atoms with Crippen molar-refractivity contribution in [2.24, 2.45) is 5.92 Å². The molecule has 11 heavy (non-hydrogen) atoms. The van der Waals surface area contributed by atoms with Gasteiger partial charge >= 0.3 is 6.09 Å². The maximum Gasteiger partial charge on any atom is 0.407 e. The second-order valence-electron chi connectivity index (χ2n) is 3.15. The molecule has 1 saturated heterocycles. The molecule has 0 aromatic carbocycles. The molecule has 2 rings (SSSR count). The average Bonchev–Trinajstić information content (AvgIpc) is 2.74. The quantitative estimate of drug-likeness (QED) is 0.586. The molecule has 1 saturated carbocycles. The van der Waals surface area contributed by atoms with Crippen LogP contribution in [0.4, 0.5) is 4.79 Å². The number of ether oxygens (including phenoxy) is 1. The van der Waals surface area contributed by atoms with Gasteiger partial charge in [0.1, 0.15) is 6.10 Å². The lowest BCUT2D eigenvalue weighted by Gasteiger charge is -2.14. The largest absolute Gasteiger partial charge is 0.442 e. The van der Waals surface area contributed by atoms with Crippen molar-refractivity contribution in [3.8, 4) is 0 Å². The van der Waals surface area contributed by atoms with Crippen LogP contribution in [0.3, 0.4) is 0 Å². The highest BCUT2D eigenvalue weighted by Crippen LogP contribution is 2.35. The van der Waals surface area contributed by atoms with Gasteiger partial charge < -0.3 is 15.2 Å². The van der Waals surface area contributed by atoms with Crippen LogP contribution in [-0.2, 0) is 4.74 Å². The molecule has 2 N–H and O–H groups in total. The second-order valence-corrected chi connectivity index (χ2v) is 3.15. The standard InChI is InChI=1S/C7H11NO3/c9-6(4-1-2-4)5-3-8-7(10)11-5/h4-6,9H,1-3H2,(H,8,10). The number of carbonyl (C=O) groups is 1. The van der Waals surface area contributed by atoms with Gasteiger partial charge in [0.25, 0.3) is 0 Å². The van der Waals surface area contributed by atoms with Gasteiger partial charge in [-0.05, 0) is 18.8 Å². The molecule has 4 heteroatoms. The fourth-order valence-corrected chi connectivity index (χ4v) is 1.34. The van der Waals surface area contributed by atoms with Gasteiger partial charge in [0, 0.05) is 0 Å². The molecule has 0 spiro atoms. The summed E-state index contributed by atoms with van der Waals surface area (Å²) in [5.41, 5.74) is 0. The summed E-state index contributed by atoms with van der Waals surface area (Å²) >= 11 is 0. The number of hydrogen-bond acceptors (Lipinski definition) is 3. The predicted molar refractivity (Wildman–Crippen MR) is 37.0 cm³/mol. The zero-order chi connectivity index (χ0) is 7.84. The Kier molecular flexibility index (Phi) is 1.49. The Labute approximate surface area is 64.5 Å². The third-order valence-corrected chi connectivity index (χ3v) is 2.19. The molecule has 0 bridgehead atoms. The topological polar surface area (TPSA) is 58.6 Å². The summed E-state index contributed by atoms with van der Waals surface area (Å²) in [4.78, 5) is 10.6. The first-order valence-corrected chi connectivity index (χ1v) is 3.90. The first-order valence-electron chi connectivity index (χ1n) is 3.90. The molecular formula is C7H11NO3. The maximum atomic E-state index is 10.6. The van der Waals surface area contributed by atoms with Gasteiger partial charge in [0.15, 0.2) is 0 Å². The first-order chi connectivity index (χ1) is 5.27. The molecule has 62 valence electrons. The maximum absolute atomic E-state index is 10.6. The normalized spacial score (nSPS) is 32.8. The first kappa shape index (κ1) is 6.91. The summed E-state index contributed by atoms with van der Waals surface area (Å²) in [6.07, 6.45) is 0.961. The Balaban J connectivity index is 1.89. The van der Waals surface area contributed by atoms with Crippen molar-refractivity contribution in [3.05, 3.63) is 0 Å². The van der Waals surface area contributed by atoms with Crippen molar-refractivity contribution in [2.75, 3.05) is 6.54 Å². The van der Waals surface area contributed by atoms with E-state index in [4.69, 9.17) is 4.74 Å². The van der Waals surface area contributed by atoms with Crippen LogP contribution in [-0.4, -0.2) is 30.0 Å². The van der Waals surface area contributed by atoms with E-state index in [0.29, 0.717) is 12.5 Å². The van der Waals surface area contributed by atoms with Crippen LogP contribution in [0.5, 0.6) is 0 Å². The summed E-state index contributed by atoms with van der Waals surface area (Å²) in [5.74, 6) is 0.368. The Hall–Kier alpha value is -0.770. The lowest BCUT2D eigenvalue weighted by Crippen LogP contribution is -2.30. The van der Waals surface area contributed by atoms with Crippen LogP contribution < -0.4 is 5.32 Å². The highest BCUT2D eigenvalue weighted by molar-refractivity contribution is 5.69. The summed E-state index contributed by atoms with van der Waals surface area (Å²) in [6.45, 7) is 0.455. The van der Waals surface area contributed by atoms with Crippen molar-refractivity contribution >= 4 is 6.09 Å². The smallest absolute Gasteiger partial charge is 0.407 e. The van der Waals surface area contributed by atoms with E-state index in [9.17, 15) is 9.90 Å². The third-order valence-electron chi connectivity index (χ3n) is 2.19. The van der Waals surface area contributed by atoms with E-state index < -0.39 is 12.2 Å². The van der Waals surface area contributed by atoms with E-state index in [-0.39, 0.29) is 6.10 Å². The number of nitrogens with one attached hydrogen (secondary N) is 1. The highest BCUT2D eigenvalue weighted by Gasteiger charge is 2.39. The summed E-state index contributed by atoms with van der Waals surface area (Å²) in [5, 5.41) is 12.0. The number of hydrogen-bond donors (Lipinski definition) is 2. The number of aliphatic hydroxyl groups excluding tert-OH is 1. The highest BCUT2D eigenvalue weighted by atomic mass is 16.6. The van der Waals surface area contributed by atoms with Gasteiger partial charge in [-0.3, -0.25) is 0 Å². The van der Waals surface area contributed by atoms with Gasteiger partial charge in [-0.25, -0.2) is 4.79 Å². The van der Waals surface area contributed by atoms with Crippen LogP contribution in [0.25, 0.3) is 0 Å². The number of aliphatic hydroxyl groups is 1. The molecular weight excluding hydrogens is 146 g/mol. The summed E-state index contributed by atoms with van der Waals surface area (Å²) < 4.78 is 4.82. The Morgan fingerprint density at radius 1 is 1.64 bits per heavy atom. The van der Waals surface area contributed by atoms with E-state index in [1.54, 1.807) is 0 Å². The summed E-state index contributed by atoms with van der Waals surface area (Å²) in [7, 11) is 0. The molecule has 1 aliphatic heterocycles. The molecule has 2 unspecified atom stereocenters. The van der Waals surface area contributed by atoms with Gasteiger partial charge in [-0.15, -0.1) is 0 Å². The van der Waals surface area contributed by atoms with Gasteiger partial charge in [-0.2, -0.15) is 0 Å². The van der Waals surface area contributed by atoms with Crippen LogP contribution in [0, 0.1) is 5.92 Å². The number of cyclic esters (lactones) is 1. The molecule has 4 nitrogen and oxygen atoms in total. The number of rotatable bonds is 2. The molecule has 1 heterocycles. The van der Waals surface area contributed by atoms with Crippen molar-refractivity contribution < 1.29 is 14.6 Å². The van der Waals surface area contributed by atoms with Gasteiger partial charge in [0.2, 0.25) is 0 Å². The van der Waals surface area contributed by atoms with Gasteiger partial charge in [-0.1, -0.05) is 0 Å². The number of alkyl carbamates (subject to hydrolysis) is 1. The number of carbonyl (C=O) groups excluding carboxylic acids is 1. The van der Waals surface area contributed by atoms with E-state index in [1.807, 2.05) is 0 Å². The molecule has 2 fully saturated rings. The van der Waals surface area contributed by atoms with Crippen LogP contribution in [0.2, 0.25) is 0 Å². The van der Waals surface area contributed by atoms with Crippen molar-refractivity contribution in [1.82, 2.24) is 5.32 Å². The third kappa shape index (κ3) is 1.30. The Bertz CT molecular complexity index is 179. The zero-order valence-corrected chi connectivity index (χ0v) is 6.12. The molecule has 1 aliphatic carbocycles. The van der Waals surface area contributed by atoms with Crippen molar-refractivity contribution in [3.63, 3.8) is 0 Å². The SMILES string of the molecule is O=C1NCC(C(O)C2CC2)O1. The molecule has 0 aromatic heterocycles. The lowest BCUT2D eigenvalue weighted by molar-refractivity contribution is 0.0200. The van der Waals surface area contributed by atoms with Crippen LogP contribution >= 0.6 is 0 Å². The second kappa shape index (κ2) is 2.37. The zero-order valence-electron chi connectivity index (χ0n) is 6.12. The minimum absolute atomic E-state index is 0.310. The van der Waals surface area contributed by atoms with Crippen molar-refractivity contribution in [2.45, 2.75) is 25.0 Å². The monoisotopic (exact) mass is 157 g/mol. The molecule has 1 amide bonds. The van der Waals surface area contributed by atoms with E-state index in [0.717, 1.165) is 12.8 Å². The Morgan fingerprint density at radius 2 is 2.36 bits per heavy atom. The minimum Gasteiger partial charge on any atom is -0.442 e. The number of amides is 1. The van der Waals surface area contributed by atoms with Crippen molar-refractivity contribution in [1.29, 1.82) is 0 Å². The fourth-order valence-electron chi connectivity index (χ4n) is 1.34. The van der Waals surface area contributed by atoms with E-state index in [2.05, 4.69) is 5.32 Å². The molecule has 0 radical (unpaired) electrons. The minimum atomic E-state index is -0.450. The molecule has 2 aliphatic rings. The van der Waals surface area contributed by atoms with Gasteiger partial charge in [0.05, 0.1) is 12.6 Å². The van der Waals surface area contributed by atoms with Crippen LogP contribution in [0.15, 0.2) is 0 Å². The van der Waals surface area contributed by atoms with Crippen LogP contribution in [0.1, 0.15) is 12.8 Å².